The zero-order valence-corrected chi connectivity index (χ0v) is 24.5. The number of carboxylic acids is 1. The molecule has 0 aromatic carbocycles. The first-order valence-electron chi connectivity index (χ1n) is 15.4. The minimum atomic E-state index is -1.05. The molecular weight excluding hydrogens is 482 g/mol. The van der Waals surface area contributed by atoms with E-state index in [2.05, 4.69) is 33.0 Å². The average Bonchev–Trinajstić information content (AvgIpc) is 3.20. The third kappa shape index (κ3) is 5.11. The summed E-state index contributed by atoms with van der Waals surface area (Å²) in [5, 5.41) is 34.1. The summed E-state index contributed by atoms with van der Waals surface area (Å²) in [4.78, 5) is 23.6. The number of hydrogen-bond acceptors (Lipinski definition) is 5. The minimum absolute atomic E-state index is 0.172. The van der Waals surface area contributed by atoms with E-state index in [1.807, 2.05) is 0 Å². The standard InChI is InChI=1S/C31H53NO6/c1-7-20-24-16-19(33)10-13-31(24,6)23-11-14-30(5)21(8-9-22(30)25(23)27(20)34)18(4)12-15-38-29(37)32-26(17(2)3)28(35)36/h17-27,33-34H,7-16H2,1-6H3,(H,32,37)(H,35,36)/t18-,19-,20-,21-,22+,23+,24+,25?,26+,27-,30?,31?/m1/s1. The van der Waals surface area contributed by atoms with E-state index in [1.54, 1.807) is 13.8 Å². The first-order valence-corrected chi connectivity index (χ1v) is 15.4. The Morgan fingerprint density at radius 2 is 1.63 bits per heavy atom. The van der Waals surface area contributed by atoms with Crippen molar-refractivity contribution >= 4 is 12.1 Å². The molecule has 0 saturated heterocycles. The zero-order chi connectivity index (χ0) is 28.0. The van der Waals surface area contributed by atoms with E-state index in [9.17, 15) is 24.9 Å². The number of alkyl carbamates (subject to hydrolysis) is 1. The van der Waals surface area contributed by atoms with Gasteiger partial charge in [0.1, 0.15) is 6.04 Å². The second kappa shape index (κ2) is 11.3. The van der Waals surface area contributed by atoms with Gasteiger partial charge in [-0.2, -0.15) is 0 Å². The highest BCUT2D eigenvalue weighted by Crippen LogP contribution is 2.69. The Bertz CT molecular complexity index is 863. The maximum Gasteiger partial charge on any atom is 0.407 e. The lowest BCUT2D eigenvalue weighted by atomic mass is 9.41. The van der Waals surface area contributed by atoms with E-state index in [0.717, 1.165) is 51.4 Å². The van der Waals surface area contributed by atoms with Crippen LogP contribution in [0.2, 0.25) is 0 Å². The predicted octanol–water partition coefficient (Wildman–Crippen LogP) is 5.47. The van der Waals surface area contributed by atoms with Gasteiger partial charge >= 0.3 is 12.1 Å². The normalized spacial score (nSPS) is 43.9. The first-order chi connectivity index (χ1) is 17.8. The lowest BCUT2D eigenvalue weighted by molar-refractivity contribution is -0.203. The smallest absolute Gasteiger partial charge is 0.407 e. The number of aliphatic hydroxyl groups is 2. The summed E-state index contributed by atoms with van der Waals surface area (Å²) >= 11 is 0. The third-order valence-corrected chi connectivity index (χ3v) is 12.2. The number of aliphatic hydroxyl groups excluding tert-OH is 2. The van der Waals surface area contributed by atoms with E-state index in [-0.39, 0.29) is 41.5 Å². The van der Waals surface area contributed by atoms with Crippen molar-refractivity contribution in [3.05, 3.63) is 0 Å². The summed E-state index contributed by atoms with van der Waals surface area (Å²) in [6, 6.07) is -0.952. The summed E-state index contributed by atoms with van der Waals surface area (Å²) < 4.78 is 5.41. The van der Waals surface area contributed by atoms with Crippen LogP contribution in [0.5, 0.6) is 0 Å². The summed E-state index contributed by atoms with van der Waals surface area (Å²) in [6.45, 7) is 13.2. The van der Waals surface area contributed by atoms with Gasteiger partial charge < -0.3 is 25.4 Å². The molecule has 218 valence electrons. The summed E-state index contributed by atoms with van der Waals surface area (Å²) in [5.41, 5.74) is 0.380. The Balaban J connectivity index is 1.41. The molecule has 4 fully saturated rings. The van der Waals surface area contributed by atoms with Crippen LogP contribution in [0.3, 0.4) is 0 Å². The van der Waals surface area contributed by atoms with Gasteiger partial charge in [-0.15, -0.1) is 0 Å². The number of amides is 1. The second-order valence-electron chi connectivity index (χ2n) is 14.2. The molecule has 3 unspecified atom stereocenters. The van der Waals surface area contributed by atoms with Gasteiger partial charge in [0.2, 0.25) is 0 Å². The van der Waals surface area contributed by atoms with Gasteiger partial charge in [-0.25, -0.2) is 9.59 Å². The number of hydrogen-bond donors (Lipinski definition) is 4. The van der Waals surface area contributed by atoms with Crippen LogP contribution in [0.1, 0.15) is 99.3 Å². The highest BCUT2D eigenvalue weighted by molar-refractivity contribution is 5.80. The molecule has 0 aliphatic heterocycles. The molecule has 0 bridgehead atoms. The van der Waals surface area contributed by atoms with Crippen LogP contribution in [0.4, 0.5) is 4.79 Å². The van der Waals surface area contributed by atoms with Crippen molar-refractivity contribution < 1.29 is 29.6 Å². The number of carbonyl (C=O) groups is 2. The molecule has 7 heteroatoms. The van der Waals surface area contributed by atoms with Crippen molar-refractivity contribution in [2.24, 2.45) is 58.2 Å². The van der Waals surface area contributed by atoms with E-state index < -0.39 is 18.1 Å². The molecule has 4 N–H and O–H groups in total. The number of fused-ring (bicyclic) bond motifs is 5. The number of ether oxygens (including phenoxy) is 1. The van der Waals surface area contributed by atoms with Gasteiger partial charge in [0.15, 0.2) is 0 Å². The van der Waals surface area contributed by atoms with E-state index >= 15 is 0 Å². The fraction of sp³-hybridized carbons (Fsp3) is 0.935. The molecular formula is C31H53NO6. The quantitative estimate of drug-likeness (QED) is 0.327. The SMILES string of the molecule is CC[C@H]1[C@@H](O)C2[C@@H]3CC[C@H]([C@H](C)CCOC(=O)N[C@H](C(=O)O)C(C)C)C3(C)CC[C@@H]2C2(C)CC[C@@H](O)C[C@@H]12. The van der Waals surface area contributed by atoms with Gasteiger partial charge in [-0.05, 0) is 110 Å². The Morgan fingerprint density at radius 3 is 2.26 bits per heavy atom. The molecule has 4 aliphatic carbocycles. The van der Waals surface area contributed by atoms with Crippen molar-refractivity contribution in [3.8, 4) is 0 Å². The molecule has 38 heavy (non-hydrogen) atoms. The van der Waals surface area contributed by atoms with Crippen molar-refractivity contribution in [2.45, 2.75) is 118 Å². The van der Waals surface area contributed by atoms with Crippen molar-refractivity contribution in [3.63, 3.8) is 0 Å². The minimum Gasteiger partial charge on any atom is -0.480 e. The molecule has 4 rings (SSSR count). The van der Waals surface area contributed by atoms with Crippen LogP contribution in [-0.2, 0) is 9.53 Å². The maximum absolute atomic E-state index is 12.2. The number of nitrogens with one attached hydrogen (secondary N) is 1. The lowest BCUT2D eigenvalue weighted by Crippen LogP contribution is -2.62. The largest absolute Gasteiger partial charge is 0.480 e. The van der Waals surface area contributed by atoms with Crippen molar-refractivity contribution in [2.75, 3.05) is 6.61 Å². The number of rotatable bonds is 8. The molecule has 0 radical (unpaired) electrons. The molecule has 0 aromatic heterocycles. The second-order valence-corrected chi connectivity index (χ2v) is 14.2. The van der Waals surface area contributed by atoms with E-state index in [0.29, 0.717) is 35.5 Å². The average molecular weight is 536 g/mol. The Hall–Kier alpha value is -1.34. The highest BCUT2D eigenvalue weighted by Gasteiger charge is 2.64. The third-order valence-electron chi connectivity index (χ3n) is 12.2. The lowest BCUT2D eigenvalue weighted by Gasteiger charge is -2.64. The van der Waals surface area contributed by atoms with Crippen LogP contribution in [0, 0.1) is 58.2 Å². The molecule has 0 spiro atoms. The van der Waals surface area contributed by atoms with Gasteiger partial charge in [0, 0.05) is 0 Å². The molecule has 7 nitrogen and oxygen atoms in total. The molecule has 4 aliphatic rings. The topological polar surface area (TPSA) is 116 Å². The first kappa shape index (κ1) is 29.6. The Labute approximate surface area is 229 Å². The molecule has 12 atom stereocenters. The monoisotopic (exact) mass is 535 g/mol. The van der Waals surface area contributed by atoms with Crippen LogP contribution in [-0.4, -0.2) is 52.2 Å². The number of aliphatic carboxylic acids is 1. The number of carboxylic acid groups (broad SMARTS) is 1. The molecule has 0 aromatic rings. The predicted molar refractivity (Wildman–Crippen MR) is 146 cm³/mol. The van der Waals surface area contributed by atoms with Crippen LogP contribution in [0.25, 0.3) is 0 Å². The van der Waals surface area contributed by atoms with Crippen molar-refractivity contribution in [1.82, 2.24) is 5.32 Å². The van der Waals surface area contributed by atoms with Gasteiger partial charge in [0.05, 0.1) is 18.8 Å². The summed E-state index contributed by atoms with van der Waals surface area (Å²) in [5.74, 6) is 1.68. The number of carbonyl (C=O) groups excluding carboxylic acids is 1. The zero-order valence-electron chi connectivity index (χ0n) is 24.5. The molecule has 4 saturated carbocycles. The molecule has 0 heterocycles. The van der Waals surface area contributed by atoms with Gasteiger partial charge in [-0.3, -0.25) is 0 Å². The van der Waals surface area contributed by atoms with Crippen LogP contribution >= 0.6 is 0 Å². The van der Waals surface area contributed by atoms with Crippen LogP contribution < -0.4 is 5.32 Å². The van der Waals surface area contributed by atoms with E-state index in [4.69, 9.17) is 4.74 Å². The highest BCUT2D eigenvalue weighted by atomic mass is 16.5. The molecule has 1 amide bonds. The van der Waals surface area contributed by atoms with Gasteiger partial charge in [0.25, 0.3) is 0 Å². The maximum atomic E-state index is 12.2. The summed E-state index contributed by atoms with van der Waals surface area (Å²) in [6.07, 6.45) is 8.00. The van der Waals surface area contributed by atoms with Crippen LogP contribution in [0.15, 0.2) is 0 Å². The Kier molecular flexibility index (Phi) is 8.79. The fourth-order valence-electron chi connectivity index (χ4n) is 10.2. The van der Waals surface area contributed by atoms with Gasteiger partial charge in [-0.1, -0.05) is 48.0 Å². The fourth-order valence-corrected chi connectivity index (χ4v) is 10.2. The summed E-state index contributed by atoms with van der Waals surface area (Å²) in [7, 11) is 0. The Morgan fingerprint density at radius 1 is 0.974 bits per heavy atom. The van der Waals surface area contributed by atoms with E-state index in [1.165, 1.54) is 6.42 Å². The van der Waals surface area contributed by atoms with Crippen molar-refractivity contribution in [1.29, 1.82) is 0 Å².